The molecule has 3 rings (SSSR count). The topological polar surface area (TPSA) is 35.5 Å². The average Bonchev–Trinajstić information content (AvgIpc) is 2.56. The van der Waals surface area contributed by atoms with Crippen LogP contribution in [0.3, 0.4) is 0 Å². The molecular weight excluding hydrogens is 272 g/mol. The number of hydrogen-bond donors (Lipinski definition) is 2. The molecule has 3 unspecified atom stereocenters. The molecule has 1 saturated heterocycles. The molecule has 1 heterocycles. The quantitative estimate of drug-likeness (QED) is 0.836. The molecule has 3 fully saturated rings. The maximum atomic E-state index is 10.2. The fourth-order valence-electron chi connectivity index (χ4n) is 4.99. The zero-order chi connectivity index (χ0) is 15.4. The summed E-state index contributed by atoms with van der Waals surface area (Å²) in [5, 5.41) is 14.1. The van der Waals surface area contributed by atoms with Crippen molar-refractivity contribution in [3.8, 4) is 0 Å². The minimum atomic E-state index is -0.165. The zero-order valence-electron chi connectivity index (χ0n) is 14.5. The lowest BCUT2D eigenvalue weighted by molar-refractivity contribution is 0.0178. The normalized spacial score (nSPS) is 34.6. The van der Waals surface area contributed by atoms with Gasteiger partial charge >= 0.3 is 0 Å². The Morgan fingerprint density at radius 2 is 1.50 bits per heavy atom. The number of hydrogen-bond acceptors (Lipinski definition) is 3. The highest BCUT2D eigenvalue weighted by Crippen LogP contribution is 2.29. The van der Waals surface area contributed by atoms with Gasteiger partial charge in [-0.15, -0.1) is 0 Å². The van der Waals surface area contributed by atoms with Crippen molar-refractivity contribution in [1.29, 1.82) is 0 Å². The van der Waals surface area contributed by atoms with Gasteiger partial charge in [0.2, 0.25) is 0 Å². The fourth-order valence-corrected chi connectivity index (χ4v) is 4.99. The highest BCUT2D eigenvalue weighted by molar-refractivity contribution is 4.91. The number of nitrogens with one attached hydrogen (secondary N) is 1. The molecule has 0 aromatic carbocycles. The largest absolute Gasteiger partial charge is 0.393 e. The van der Waals surface area contributed by atoms with Crippen LogP contribution in [-0.4, -0.2) is 47.3 Å². The molecule has 0 radical (unpaired) electrons. The fraction of sp³-hybridized carbons (Fsp3) is 1.00. The maximum Gasteiger partial charge on any atom is 0.0553 e. The summed E-state index contributed by atoms with van der Waals surface area (Å²) in [5.41, 5.74) is 0. The molecular formula is C19H36N2O. The van der Waals surface area contributed by atoms with E-state index in [1.54, 1.807) is 0 Å². The first-order valence-electron chi connectivity index (χ1n) is 9.90. The van der Waals surface area contributed by atoms with E-state index in [-0.39, 0.29) is 6.10 Å². The third-order valence-corrected chi connectivity index (χ3v) is 6.36. The summed E-state index contributed by atoms with van der Waals surface area (Å²) >= 11 is 0. The molecule has 2 N–H and O–H groups in total. The summed E-state index contributed by atoms with van der Waals surface area (Å²) in [6.45, 7) is 4.32. The van der Waals surface area contributed by atoms with Crippen molar-refractivity contribution in [2.45, 2.75) is 102 Å². The van der Waals surface area contributed by atoms with Crippen molar-refractivity contribution in [2.75, 3.05) is 13.1 Å². The van der Waals surface area contributed by atoms with Gasteiger partial charge in [0.15, 0.2) is 0 Å². The van der Waals surface area contributed by atoms with Crippen molar-refractivity contribution in [3.63, 3.8) is 0 Å². The van der Waals surface area contributed by atoms with Gasteiger partial charge in [-0.3, -0.25) is 4.90 Å². The number of nitrogens with zero attached hydrogens (tertiary/aromatic N) is 1. The van der Waals surface area contributed by atoms with Crippen molar-refractivity contribution in [1.82, 2.24) is 10.2 Å². The van der Waals surface area contributed by atoms with Crippen molar-refractivity contribution in [3.05, 3.63) is 0 Å². The minimum Gasteiger partial charge on any atom is -0.393 e. The number of likely N-dealkylation sites (tertiary alicyclic amines) is 1. The summed E-state index contributed by atoms with van der Waals surface area (Å²) in [6.07, 6.45) is 14.9. The second kappa shape index (κ2) is 8.12. The first-order chi connectivity index (χ1) is 10.7. The van der Waals surface area contributed by atoms with Crippen LogP contribution in [0.2, 0.25) is 0 Å². The second-order valence-corrected chi connectivity index (χ2v) is 8.18. The van der Waals surface area contributed by atoms with Crippen LogP contribution in [0.4, 0.5) is 0 Å². The SMILES string of the molecule is CC(O)C1CC(NC2CCCCC2)CN(C2CCCCC2)C1. The first-order valence-corrected chi connectivity index (χ1v) is 9.90. The molecule has 3 atom stereocenters. The van der Waals surface area contributed by atoms with E-state index in [2.05, 4.69) is 10.2 Å². The smallest absolute Gasteiger partial charge is 0.0553 e. The van der Waals surface area contributed by atoms with Crippen molar-refractivity contribution in [2.24, 2.45) is 5.92 Å². The average molecular weight is 309 g/mol. The second-order valence-electron chi connectivity index (χ2n) is 8.18. The van der Waals surface area contributed by atoms with Crippen LogP contribution in [0.1, 0.15) is 77.6 Å². The van der Waals surface area contributed by atoms with E-state index in [9.17, 15) is 5.11 Å². The van der Waals surface area contributed by atoms with Crippen LogP contribution < -0.4 is 5.32 Å². The summed E-state index contributed by atoms with van der Waals surface area (Å²) in [6, 6.07) is 2.11. The molecule has 0 aromatic rings. The van der Waals surface area contributed by atoms with Crippen LogP contribution in [0, 0.1) is 5.92 Å². The molecule has 2 saturated carbocycles. The molecule has 22 heavy (non-hydrogen) atoms. The van der Waals surface area contributed by atoms with Gasteiger partial charge in [0, 0.05) is 31.2 Å². The van der Waals surface area contributed by atoms with Gasteiger partial charge in [0.1, 0.15) is 0 Å². The van der Waals surface area contributed by atoms with Crippen molar-refractivity contribution < 1.29 is 5.11 Å². The van der Waals surface area contributed by atoms with Gasteiger partial charge in [0.05, 0.1) is 6.10 Å². The third-order valence-electron chi connectivity index (χ3n) is 6.36. The molecule has 1 aliphatic heterocycles. The Kier molecular flexibility index (Phi) is 6.17. The Morgan fingerprint density at radius 1 is 0.864 bits per heavy atom. The summed E-state index contributed by atoms with van der Waals surface area (Å²) in [7, 11) is 0. The van der Waals surface area contributed by atoms with E-state index < -0.39 is 0 Å². The van der Waals surface area contributed by atoms with E-state index in [0.29, 0.717) is 12.0 Å². The van der Waals surface area contributed by atoms with E-state index in [1.165, 1.54) is 70.8 Å². The predicted molar refractivity (Wildman–Crippen MR) is 92.0 cm³/mol. The number of piperidine rings is 1. The standard InChI is InChI=1S/C19H36N2O/c1-15(22)16-12-18(20-17-8-4-2-5-9-17)14-21(13-16)19-10-6-3-7-11-19/h15-20,22H,2-14H2,1H3. The summed E-state index contributed by atoms with van der Waals surface area (Å²) < 4.78 is 0. The van der Waals surface area contributed by atoms with Crippen LogP contribution in [-0.2, 0) is 0 Å². The zero-order valence-corrected chi connectivity index (χ0v) is 14.5. The van der Waals surface area contributed by atoms with E-state index >= 15 is 0 Å². The van der Waals surface area contributed by atoms with Gasteiger partial charge in [0.25, 0.3) is 0 Å². The lowest BCUT2D eigenvalue weighted by atomic mass is 9.85. The molecule has 0 spiro atoms. The molecule has 3 heteroatoms. The number of aliphatic hydroxyl groups excluding tert-OH is 1. The number of aliphatic hydroxyl groups is 1. The van der Waals surface area contributed by atoms with E-state index in [1.807, 2.05) is 6.92 Å². The predicted octanol–water partition coefficient (Wildman–Crippen LogP) is 3.31. The van der Waals surface area contributed by atoms with Gasteiger partial charge in [-0.05, 0) is 44.9 Å². The minimum absolute atomic E-state index is 0.165. The summed E-state index contributed by atoms with van der Waals surface area (Å²) in [4.78, 5) is 2.72. The van der Waals surface area contributed by atoms with Gasteiger partial charge in [-0.25, -0.2) is 0 Å². The van der Waals surface area contributed by atoms with Gasteiger partial charge in [-0.1, -0.05) is 38.5 Å². The number of rotatable bonds is 4. The summed E-state index contributed by atoms with van der Waals surface area (Å²) in [5.74, 6) is 0.455. The molecule has 128 valence electrons. The highest BCUT2D eigenvalue weighted by Gasteiger charge is 2.34. The molecule has 0 amide bonds. The van der Waals surface area contributed by atoms with Crippen LogP contribution in [0.25, 0.3) is 0 Å². The lowest BCUT2D eigenvalue weighted by Gasteiger charge is -2.45. The Morgan fingerprint density at radius 3 is 2.14 bits per heavy atom. The Hall–Kier alpha value is -0.120. The van der Waals surface area contributed by atoms with E-state index in [0.717, 1.165) is 25.0 Å². The van der Waals surface area contributed by atoms with Crippen LogP contribution >= 0.6 is 0 Å². The third kappa shape index (κ3) is 4.46. The van der Waals surface area contributed by atoms with Gasteiger partial charge < -0.3 is 10.4 Å². The molecule has 3 nitrogen and oxygen atoms in total. The molecule has 0 aromatic heterocycles. The molecule has 2 aliphatic carbocycles. The van der Waals surface area contributed by atoms with Crippen molar-refractivity contribution >= 4 is 0 Å². The lowest BCUT2D eigenvalue weighted by Crippen LogP contribution is -2.56. The maximum absolute atomic E-state index is 10.2. The highest BCUT2D eigenvalue weighted by atomic mass is 16.3. The van der Waals surface area contributed by atoms with Crippen LogP contribution in [0.15, 0.2) is 0 Å². The Bertz CT molecular complexity index is 321. The molecule has 0 bridgehead atoms. The monoisotopic (exact) mass is 308 g/mol. The van der Waals surface area contributed by atoms with E-state index in [4.69, 9.17) is 0 Å². The Balaban J connectivity index is 1.58. The van der Waals surface area contributed by atoms with Crippen LogP contribution in [0.5, 0.6) is 0 Å². The first kappa shape index (κ1) is 16.7. The Labute approximate surface area is 136 Å². The molecule has 3 aliphatic rings. The van der Waals surface area contributed by atoms with Gasteiger partial charge in [-0.2, -0.15) is 0 Å².